The molecule has 1 fully saturated rings. The van der Waals surface area contributed by atoms with Crippen molar-refractivity contribution in [3.05, 3.63) is 34.5 Å². The molecule has 1 aromatic rings. The summed E-state index contributed by atoms with van der Waals surface area (Å²) in [4.78, 5) is 13.8. The highest BCUT2D eigenvalue weighted by Gasteiger charge is 2.18. The molecule has 3 nitrogen and oxygen atoms in total. The van der Waals surface area contributed by atoms with Crippen LogP contribution in [0.15, 0.2) is 23.1 Å². The number of rotatable bonds is 1. The first-order valence-electron chi connectivity index (χ1n) is 5.23. The normalized spacial score (nSPS) is 19.3. The fourth-order valence-corrected chi connectivity index (χ4v) is 2.03. The Labute approximate surface area is 88.1 Å². The Morgan fingerprint density at radius 2 is 2.00 bits per heavy atom. The van der Waals surface area contributed by atoms with Crippen LogP contribution in [0.5, 0.6) is 0 Å². The van der Waals surface area contributed by atoms with Gasteiger partial charge in [-0.1, -0.05) is 0 Å². The van der Waals surface area contributed by atoms with E-state index in [1.807, 2.05) is 0 Å². The first-order valence-corrected chi connectivity index (χ1v) is 5.23. The number of pyridine rings is 1. The Morgan fingerprint density at radius 1 is 1.33 bits per heavy atom. The van der Waals surface area contributed by atoms with Crippen molar-refractivity contribution in [2.45, 2.75) is 18.9 Å². The van der Waals surface area contributed by atoms with Crippen LogP contribution in [0.1, 0.15) is 18.9 Å². The van der Waals surface area contributed by atoms with Gasteiger partial charge >= 0.3 is 0 Å². The Kier molecular flexibility index (Phi) is 2.86. The topological polar surface area (TPSA) is 25.2 Å². The van der Waals surface area contributed by atoms with Gasteiger partial charge < -0.3 is 9.47 Å². The van der Waals surface area contributed by atoms with Gasteiger partial charge in [-0.05, 0) is 39.0 Å². The molecule has 0 aromatic carbocycles. The molecular weight excluding hydrogens is 195 g/mol. The third-order valence-corrected chi connectivity index (χ3v) is 2.98. The number of hydrogen-bond acceptors (Lipinski definition) is 2. The molecule has 0 radical (unpaired) electrons. The van der Waals surface area contributed by atoms with E-state index in [0.717, 1.165) is 25.9 Å². The Balaban J connectivity index is 2.22. The molecule has 0 aliphatic carbocycles. The molecule has 0 bridgehead atoms. The number of halogens is 1. The average molecular weight is 210 g/mol. The zero-order valence-corrected chi connectivity index (χ0v) is 8.82. The average Bonchev–Trinajstić information content (AvgIpc) is 2.23. The molecule has 2 heterocycles. The molecule has 0 saturated carbocycles. The van der Waals surface area contributed by atoms with E-state index in [0.29, 0.717) is 0 Å². The number of hydrogen-bond donors (Lipinski definition) is 0. The number of nitrogens with zero attached hydrogens (tertiary/aromatic N) is 2. The molecule has 0 spiro atoms. The summed E-state index contributed by atoms with van der Waals surface area (Å²) in [6.07, 6.45) is 3.15. The van der Waals surface area contributed by atoms with Crippen molar-refractivity contribution in [1.82, 2.24) is 9.47 Å². The van der Waals surface area contributed by atoms with E-state index < -0.39 is 0 Å². The SMILES string of the molecule is CN1CCC(n2cc(F)ccc2=O)CC1. The van der Waals surface area contributed by atoms with Crippen LogP contribution in [0.3, 0.4) is 0 Å². The summed E-state index contributed by atoms with van der Waals surface area (Å²) < 4.78 is 14.5. The van der Waals surface area contributed by atoms with Gasteiger partial charge in [0.15, 0.2) is 0 Å². The first-order chi connectivity index (χ1) is 7.16. The second-order valence-electron chi connectivity index (χ2n) is 4.13. The van der Waals surface area contributed by atoms with Gasteiger partial charge in [0.05, 0.1) is 0 Å². The smallest absolute Gasteiger partial charge is 0.250 e. The maximum absolute atomic E-state index is 13.0. The molecule has 0 N–H and O–H groups in total. The van der Waals surface area contributed by atoms with Crippen molar-refractivity contribution in [3.63, 3.8) is 0 Å². The van der Waals surface area contributed by atoms with Crippen LogP contribution < -0.4 is 5.56 Å². The molecule has 0 unspecified atom stereocenters. The van der Waals surface area contributed by atoms with E-state index in [-0.39, 0.29) is 17.4 Å². The molecule has 0 amide bonds. The highest BCUT2D eigenvalue weighted by Crippen LogP contribution is 2.19. The molecular formula is C11H15FN2O. The van der Waals surface area contributed by atoms with Gasteiger partial charge in [-0.3, -0.25) is 4.79 Å². The van der Waals surface area contributed by atoms with E-state index in [1.165, 1.54) is 22.9 Å². The van der Waals surface area contributed by atoms with Crippen molar-refractivity contribution in [1.29, 1.82) is 0 Å². The number of aromatic nitrogens is 1. The van der Waals surface area contributed by atoms with Gasteiger partial charge in [0.2, 0.25) is 0 Å². The van der Waals surface area contributed by atoms with E-state index >= 15 is 0 Å². The summed E-state index contributed by atoms with van der Waals surface area (Å²) in [5.74, 6) is -0.339. The van der Waals surface area contributed by atoms with Crippen LogP contribution in [0.4, 0.5) is 4.39 Å². The third kappa shape index (κ3) is 2.26. The van der Waals surface area contributed by atoms with Crippen LogP contribution in [0.25, 0.3) is 0 Å². The van der Waals surface area contributed by atoms with Gasteiger partial charge in [-0.2, -0.15) is 0 Å². The van der Waals surface area contributed by atoms with Crippen LogP contribution in [-0.4, -0.2) is 29.6 Å². The van der Waals surface area contributed by atoms with E-state index in [1.54, 1.807) is 0 Å². The van der Waals surface area contributed by atoms with Crippen LogP contribution in [-0.2, 0) is 0 Å². The molecule has 2 rings (SSSR count). The van der Waals surface area contributed by atoms with Crippen molar-refractivity contribution in [3.8, 4) is 0 Å². The predicted molar refractivity (Wildman–Crippen MR) is 56.4 cm³/mol. The largest absolute Gasteiger partial charge is 0.309 e. The predicted octanol–water partition coefficient (Wildman–Crippen LogP) is 1.25. The second kappa shape index (κ2) is 4.14. The van der Waals surface area contributed by atoms with Gasteiger partial charge in [0.25, 0.3) is 5.56 Å². The summed E-state index contributed by atoms with van der Waals surface area (Å²) in [6.45, 7) is 1.93. The number of piperidine rings is 1. The molecule has 82 valence electrons. The fourth-order valence-electron chi connectivity index (χ4n) is 2.03. The molecule has 15 heavy (non-hydrogen) atoms. The van der Waals surface area contributed by atoms with Gasteiger partial charge in [0.1, 0.15) is 5.82 Å². The zero-order chi connectivity index (χ0) is 10.8. The van der Waals surface area contributed by atoms with Gasteiger partial charge in [-0.15, -0.1) is 0 Å². The zero-order valence-electron chi connectivity index (χ0n) is 8.82. The molecule has 1 saturated heterocycles. The van der Waals surface area contributed by atoms with Crippen LogP contribution in [0.2, 0.25) is 0 Å². The monoisotopic (exact) mass is 210 g/mol. The van der Waals surface area contributed by atoms with E-state index in [9.17, 15) is 9.18 Å². The Hall–Kier alpha value is -1.16. The van der Waals surface area contributed by atoms with E-state index in [2.05, 4.69) is 11.9 Å². The molecule has 4 heteroatoms. The minimum Gasteiger partial charge on any atom is -0.309 e. The van der Waals surface area contributed by atoms with Crippen molar-refractivity contribution >= 4 is 0 Å². The Bertz CT molecular complexity index is 394. The summed E-state index contributed by atoms with van der Waals surface area (Å²) in [5.41, 5.74) is -0.106. The highest BCUT2D eigenvalue weighted by molar-refractivity contribution is 4.98. The fraction of sp³-hybridized carbons (Fsp3) is 0.545. The van der Waals surface area contributed by atoms with Crippen LogP contribution >= 0.6 is 0 Å². The minimum atomic E-state index is -0.339. The maximum Gasteiger partial charge on any atom is 0.250 e. The lowest BCUT2D eigenvalue weighted by atomic mass is 10.1. The molecule has 1 aromatic heterocycles. The minimum absolute atomic E-state index is 0.106. The summed E-state index contributed by atoms with van der Waals surface area (Å²) in [5, 5.41) is 0. The van der Waals surface area contributed by atoms with E-state index in [4.69, 9.17) is 0 Å². The molecule has 1 aliphatic heterocycles. The number of likely N-dealkylation sites (tertiary alicyclic amines) is 1. The van der Waals surface area contributed by atoms with Gasteiger partial charge in [0, 0.05) is 18.3 Å². The lowest BCUT2D eigenvalue weighted by Crippen LogP contribution is -2.35. The van der Waals surface area contributed by atoms with Crippen molar-refractivity contribution in [2.75, 3.05) is 20.1 Å². The first kappa shape index (κ1) is 10.4. The van der Waals surface area contributed by atoms with Gasteiger partial charge in [-0.25, -0.2) is 4.39 Å². The molecule has 1 aliphatic rings. The van der Waals surface area contributed by atoms with Crippen molar-refractivity contribution < 1.29 is 4.39 Å². The third-order valence-electron chi connectivity index (χ3n) is 2.98. The molecule has 0 atom stereocenters. The summed E-state index contributed by atoms with van der Waals surface area (Å²) in [7, 11) is 2.06. The summed E-state index contributed by atoms with van der Waals surface area (Å²) in [6, 6.07) is 2.67. The highest BCUT2D eigenvalue weighted by atomic mass is 19.1. The second-order valence-corrected chi connectivity index (χ2v) is 4.13. The summed E-state index contributed by atoms with van der Waals surface area (Å²) >= 11 is 0. The quantitative estimate of drug-likeness (QED) is 0.697. The maximum atomic E-state index is 13.0. The Morgan fingerprint density at radius 3 is 2.67 bits per heavy atom. The van der Waals surface area contributed by atoms with Crippen LogP contribution in [0, 0.1) is 5.82 Å². The lowest BCUT2D eigenvalue weighted by molar-refractivity contribution is 0.218. The standard InChI is InChI=1S/C11H15FN2O/c1-13-6-4-10(5-7-13)14-8-9(12)2-3-11(14)15/h2-3,8,10H,4-7H2,1H3. The van der Waals surface area contributed by atoms with Crippen molar-refractivity contribution in [2.24, 2.45) is 0 Å². The lowest BCUT2D eigenvalue weighted by Gasteiger charge is -2.30.